The zero-order chi connectivity index (χ0) is 30.0. The van der Waals surface area contributed by atoms with E-state index in [-0.39, 0.29) is 27.5 Å². The summed E-state index contributed by atoms with van der Waals surface area (Å²) in [5, 5.41) is 42.6. The van der Waals surface area contributed by atoms with E-state index in [1.807, 2.05) is 0 Å². The number of pyridine rings is 2. The third kappa shape index (κ3) is 6.55. The first kappa shape index (κ1) is 30.0. The van der Waals surface area contributed by atoms with E-state index >= 15 is 0 Å². The molecule has 0 bridgehead atoms. The SMILES string of the molecule is CN(N)C(=S)Nc1cc2ccc(C(N)(CC(=O)O)CC(=O)O)nc2c2nc(C(N)(CC(=O)O)CC(=O)O)ccc12. The van der Waals surface area contributed by atoms with Crippen LogP contribution in [-0.2, 0) is 30.3 Å². The molecule has 2 heterocycles. The van der Waals surface area contributed by atoms with Gasteiger partial charge in [0, 0.05) is 17.8 Å². The maximum absolute atomic E-state index is 11.6. The van der Waals surface area contributed by atoms with Crippen molar-refractivity contribution < 1.29 is 39.6 Å². The van der Waals surface area contributed by atoms with Gasteiger partial charge in [0.05, 0.1) is 64.9 Å². The molecule has 40 heavy (non-hydrogen) atoms. The molecule has 3 aromatic rings. The van der Waals surface area contributed by atoms with Crippen LogP contribution in [0.2, 0.25) is 0 Å². The third-order valence-corrected chi connectivity index (χ3v) is 6.47. The summed E-state index contributed by atoms with van der Waals surface area (Å²) >= 11 is 5.25. The number of hydrogen-bond donors (Lipinski definition) is 8. The molecule has 0 saturated heterocycles. The molecule has 0 spiro atoms. The average Bonchev–Trinajstić information content (AvgIpc) is 2.81. The first-order chi connectivity index (χ1) is 18.5. The number of nitrogens with two attached hydrogens (primary N) is 3. The summed E-state index contributed by atoms with van der Waals surface area (Å²) in [6, 6.07) is 7.46. The van der Waals surface area contributed by atoms with Crippen molar-refractivity contribution in [3.63, 3.8) is 0 Å². The Morgan fingerprint density at radius 1 is 0.825 bits per heavy atom. The van der Waals surface area contributed by atoms with Crippen molar-refractivity contribution in [1.82, 2.24) is 15.0 Å². The predicted molar refractivity (Wildman–Crippen MR) is 146 cm³/mol. The molecule has 11 N–H and O–H groups in total. The van der Waals surface area contributed by atoms with Crippen molar-refractivity contribution in [3.8, 4) is 0 Å². The van der Waals surface area contributed by atoms with E-state index in [9.17, 15) is 39.6 Å². The first-order valence-electron chi connectivity index (χ1n) is 11.5. The molecule has 0 atom stereocenters. The van der Waals surface area contributed by atoms with Gasteiger partial charge in [0.25, 0.3) is 0 Å². The number of aliphatic carboxylic acids is 4. The maximum Gasteiger partial charge on any atom is 0.305 e. The summed E-state index contributed by atoms with van der Waals surface area (Å²) in [6.45, 7) is 0. The minimum Gasteiger partial charge on any atom is -0.481 e. The number of carboxylic acids is 4. The molecule has 0 fully saturated rings. The molecule has 0 saturated carbocycles. The second-order valence-electron chi connectivity index (χ2n) is 9.42. The summed E-state index contributed by atoms with van der Waals surface area (Å²) in [5.74, 6) is 0.342. The molecule has 0 aliphatic rings. The van der Waals surface area contributed by atoms with Crippen molar-refractivity contribution in [1.29, 1.82) is 0 Å². The minimum absolute atomic E-state index is 0.0497. The lowest BCUT2D eigenvalue weighted by Gasteiger charge is -2.27. The molecule has 0 unspecified atom stereocenters. The number of hydrogen-bond acceptors (Lipinski definition) is 10. The van der Waals surface area contributed by atoms with E-state index in [1.165, 1.54) is 31.3 Å². The molecule has 2 aromatic heterocycles. The number of fused-ring (bicyclic) bond motifs is 3. The van der Waals surface area contributed by atoms with Gasteiger partial charge in [-0.15, -0.1) is 0 Å². The topological polar surface area (TPSA) is 268 Å². The fraction of sp³-hybridized carbons (Fsp3) is 0.292. The smallest absolute Gasteiger partial charge is 0.305 e. The van der Waals surface area contributed by atoms with Crippen molar-refractivity contribution in [2.45, 2.75) is 36.8 Å². The molecule has 1 aromatic carbocycles. The number of carboxylic acid groups (broad SMARTS) is 4. The van der Waals surface area contributed by atoms with Crippen LogP contribution in [0, 0.1) is 0 Å². The van der Waals surface area contributed by atoms with Gasteiger partial charge < -0.3 is 37.2 Å². The highest BCUT2D eigenvalue weighted by atomic mass is 32.1. The average molecular weight is 574 g/mol. The Bertz CT molecular complexity index is 1510. The lowest BCUT2D eigenvalue weighted by atomic mass is 9.87. The second-order valence-corrected chi connectivity index (χ2v) is 9.81. The number of anilines is 1. The highest BCUT2D eigenvalue weighted by Gasteiger charge is 2.36. The number of nitrogens with zero attached hydrogens (tertiary/aromatic N) is 3. The molecule has 3 rings (SSSR count). The lowest BCUT2D eigenvalue weighted by Crippen LogP contribution is -2.42. The van der Waals surface area contributed by atoms with Gasteiger partial charge in [0.15, 0.2) is 5.11 Å². The van der Waals surface area contributed by atoms with Crippen molar-refractivity contribution in [3.05, 3.63) is 41.7 Å². The normalized spacial score (nSPS) is 11.8. The highest BCUT2D eigenvalue weighted by molar-refractivity contribution is 7.80. The van der Waals surface area contributed by atoms with Crippen LogP contribution in [0.3, 0.4) is 0 Å². The Hall–Kier alpha value is -4.51. The predicted octanol–water partition coefficient (Wildman–Crippen LogP) is 0.492. The number of aromatic nitrogens is 2. The largest absolute Gasteiger partial charge is 0.481 e. The van der Waals surface area contributed by atoms with Crippen LogP contribution in [0.25, 0.3) is 21.8 Å². The zero-order valence-corrected chi connectivity index (χ0v) is 21.9. The zero-order valence-electron chi connectivity index (χ0n) is 21.1. The van der Waals surface area contributed by atoms with Crippen LogP contribution < -0.4 is 22.6 Å². The molecular formula is C24H27N7O8S. The van der Waals surface area contributed by atoms with Crippen LogP contribution >= 0.6 is 12.2 Å². The monoisotopic (exact) mass is 573 g/mol. The summed E-state index contributed by atoms with van der Waals surface area (Å²) in [7, 11) is 1.51. The van der Waals surface area contributed by atoms with Gasteiger partial charge >= 0.3 is 23.9 Å². The number of carbonyl (C=O) groups is 4. The van der Waals surface area contributed by atoms with E-state index < -0.39 is 60.6 Å². The van der Waals surface area contributed by atoms with Gasteiger partial charge in [-0.05, 0) is 36.5 Å². The molecule has 0 radical (unpaired) electrons. The van der Waals surface area contributed by atoms with Crippen LogP contribution in [0.15, 0.2) is 30.3 Å². The van der Waals surface area contributed by atoms with Gasteiger partial charge in [0.1, 0.15) is 0 Å². The number of thiocarbonyl (C=S) groups is 1. The highest BCUT2D eigenvalue weighted by Crippen LogP contribution is 2.35. The van der Waals surface area contributed by atoms with E-state index in [1.54, 1.807) is 6.07 Å². The Labute approximate surface area is 231 Å². The number of nitrogens with one attached hydrogen (secondary N) is 1. The first-order valence-corrected chi connectivity index (χ1v) is 12.0. The lowest BCUT2D eigenvalue weighted by molar-refractivity contribution is -0.143. The quantitative estimate of drug-likeness (QED) is 0.0671. The number of rotatable bonds is 11. The van der Waals surface area contributed by atoms with Crippen LogP contribution in [0.5, 0.6) is 0 Å². The van der Waals surface area contributed by atoms with Gasteiger partial charge in [-0.25, -0.2) is 15.8 Å². The van der Waals surface area contributed by atoms with Gasteiger partial charge in [-0.3, -0.25) is 24.2 Å². The molecule has 212 valence electrons. The molecule has 15 nitrogen and oxygen atoms in total. The Balaban J connectivity index is 2.39. The van der Waals surface area contributed by atoms with Gasteiger partial charge in [-0.2, -0.15) is 0 Å². The van der Waals surface area contributed by atoms with Gasteiger partial charge in [0.2, 0.25) is 0 Å². The van der Waals surface area contributed by atoms with E-state index in [0.717, 1.165) is 5.01 Å². The standard InChI is InChI=1S/C24H27N7O8S/c1-31(27)22(40)28-13-6-11-2-4-14(23(25,7-16(32)33)8-17(34)35)29-20(11)21-12(13)3-5-15(30-21)24(26,9-18(36)37)10-19(38)39/h2-6H,7-10,25-27H2,1H3,(H,28,40)(H,32,33)(H,34,35)(H,36,37)(H,38,39). The van der Waals surface area contributed by atoms with E-state index in [4.69, 9.17) is 29.5 Å². The van der Waals surface area contributed by atoms with Crippen molar-refractivity contribution >= 4 is 68.7 Å². The summed E-state index contributed by atoms with van der Waals surface area (Å²) in [4.78, 5) is 55.2. The van der Waals surface area contributed by atoms with E-state index in [0.29, 0.717) is 16.5 Å². The van der Waals surface area contributed by atoms with E-state index in [2.05, 4.69) is 15.3 Å². The Morgan fingerprint density at radius 2 is 1.25 bits per heavy atom. The summed E-state index contributed by atoms with van der Waals surface area (Å²) in [5.41, 5.74) is 9.27. The Morgan fingerprint density at radius 3 is 1.68 bits per heavy atom. The fourth-order valence-electron chi connectivity index (χ4n) is 4.29. The van der Waals surface area contributed by atoms with Crippen LogP contribution in [-0.4, -0.2) is 71.4 Å². The number of hydrazine groups is 1. The van der Waals surface area contributed by atoms with Crippen LogP contribution in [0.4, 0.5) is 5.69 Å². The molecular weight excluding hydrogens is 546 g/mol. The maximum atomic E-state index is 11.6. The Kier molecular flexibility index (Phi) is 8.49. The minimum atomic E-state index is -1.91. The second kappa shape index (κ2) is 11.3. The van der Waals surface area contributed by atoms with Gasteiger partial charge in [-0.1, -0.05) is 6.07 Å². The summed E-state index contributed by atoms with van der Waals surface area (Å²) < 4.78 is 0. The number of benzene rings is 1. The molecule has 0 aliphatic carbocycles. The third-order valence-electron chi connectivity index (χ3n) is 6.08. The van der Waals surface area contributed by atoms with Crippen molar-refractivity contribution in [2.24, 2.45) is 17.3 Å². The fourth-order valence-corrected chi connectivity index (χ4v) is 4.40. The molecule has 0 amide bonds. The molecule has 0 aliphatic heterocycles. The van der Waals surface area contributed by atoms with Crippen molar-refractivity contribution in [2.75, 3.05) is 12.4 Å². The molecule has 16 heteroatoms. The van der Waals surface area contributed by atoms with Crippen LogP contribution in [0.1, 0.15) is 37.1 Å². The summed E-state index contributed by atoms with van der Waals surface area (Å²) in [6.07, 6.45) is -2.99.